The van der Waals surface area contributed by atoms with Gasteiger partial charge in [-0.25, -0.2) is 9.97 Å². The smallest absolute Gasteiger partial charge is 0.178 e. The molecule has 3 aromatic carbocycles. The number of allylic oxidation sites excluding steroid dienone is 1. The summed E-state index contributed by atoms with van der Waals surface area (Å²) in [6.45, 7) is 6.50. The predicted molar refractivity (Wildman–Crippen MR) is 131 cm³/mol. The summed E-state index contributed by atoms with van der Waals surface area (Å²) >= 11 is 0. The van der Waals surface area contributed by atoms with E-state index in [0.717, 1.165) is 17.3 Å². The molecule has 156 valence electrons. The Balaban J connectivity index is 1.61. The van der Waals surface area contributed by atoms with Gasteiger partial charge in [0.1, 0.15) is 6.17 Å². The summed E-state index contributed by atoms with van der Waals surface area (Å²) in [7, 11) is 0. The minimum absolute atomic E-state index is 0.0511. The first-order valence-corrected chi connectivity index (χ1v) is 11.0. The van der Waals surface area contributed by atoms with Crippen LogP contribution < -0.4 is 9.80 Å². The van der Waals surface area contributed by atoms with Crippen LogP contribution in [0.15, 0.2) is 104 Å². The summed E-state index contributed by atoms with van der Waals surface area (Å²) in [5, 5.41) is 0. The summed E-state index contributed by atoms with van der Waals surface area (Å²) in [4.78, 5) is 14.4. The van der Waals surface area contributed by atoms with E-state index in [2.05, 4.69) is 108 Å². The second kappa shape index (κ2) is 7.34. The second-order valence-electron chi connectivity index (χ2n) is 8.42. The van der Waals surface area contributed by atoms with Gasteiger partial charge in [-0.1, -0.05) is 79.7 Å². The molecule has 0 spiro atoms. The zero-order valence-electron chi connectivity index (χ0n) is 18.0. The minimum Gasteiger partial charge on any atom is -0.301 e. The minimum atomic E-state index is 0.0511. The molecule has 2 aliphatic heterocycles. The number of hydrogen-bond acceptors (Lipinski definition) is 4. The van der Waals surface area contributed by atoms with E-state index in [1.54, 1.807) is 12.4 Å². The SMILES string of the molecule is C=CC1c2ccccc2N2c3nccnc3N(c3ccccc3-c3ccccc3)C2C1C. The van der Waals surface area contributed by atoms with Gasteiger partial charge in [0.15, 0.2) is 11.6 Å². The largest absolute Gasteiger partial charge is 0.301 e. The Bertz CT molecular complexity index is 1300. The molecule has 0 bridgehead atoms. The molecule has 0 amide bonds. The number of benzene rings is 3. The van der Waals surface area contributed by atoms with Crippen LogP contribution in [-0.2, 0) is 0 Å². The van der Waals surface area contributed by atoms with Crippen molar-refractivity contribution < 1.29 is 0 Å². The highest BCUT2D eigenvalue weighted by molar-refractivity contribution is 5.91. The highest BCUT2D eigenvalue weighted by atomic mass is 15.5. The van der Waals surface area contributed by atoms with Gasteiger partial charge in [0.25, 0.3) is 0 Å². The van der Waals surface area contributed by atoms with Crippen molar-refractivity contribution in [2.24, 2.45) is 5.92 Å². The number of rotatable bonds is 3. The van der Waals surface area contributed by atoms with Crippen molar-refractivity contribution >= 4 is 23.0 Å². The molecule has 6 rings (SSSR count). The molecule has 0 N–H and O–H groups in total. The monoisotopic (exact) mass is 416 g/mol. The van der Waals surface area contributed by atoms with Crippen molar-refractivity contribution in [1.29, 1.82) is 0 Å². The van der Waals surface area contributed by atoms with E-state index in [9.17, 15) is 0 Å². The maximum Gasteiger partial charge on any atom is 0.178 e. The Kier molecular flexibility index (Phi) is 4.32. The van der Waals surface area contributed by atoms with Crippen LogP contribution in [0.3, 0.4) is 0 Å². The Morgan fingerprint density at radius 3 is 2.06 bits per heavy atom. The summed E-state index contributed by atoms with van der Waals surface area (Å²) < 4.78 is 0. The van der Waals surface area contributed by atoms with Gasteiger partial charge in [-0.3, -0.25) is 0 Å². The lowest BCUT2D eigenvalue weighted by Crippen LogP contribution is -2.48. The van der Waals surface area contributed by atoms with Crippen molar-refractivity contribution in [3.63, 3.8) is 0 Å². The molecule has 3 unspecified atom stereocenters. The number of fused-ring (bicyclic) bond motifs is 5. The molecule has 3 heterocycles. The molecule has 0 radical (unpaired) electrons. The third kappa shape index (κ3) is 2.62. The predicted octanol–water partition coefficient (Wildman–Crippen LogP) is 6.68. The van der Waals surface area contributed by atoms with Gasteiger partial charge < -0.3 is 9.80 Å². The topological polar surface area (TPSA) is 32.3 Å². The van der Waals surface area contributed by atoms with Gasteiger partial charge in [0, 0.05) is 35.5 Å². The molecule has 4 heteroatoms. The lowest BCUT2D eigenvalue weighted by atomic mass is 9.80. The van der Waals surface area contributed by atoms with Gasteiger partial charge in [-0.2, -0.15) is 0 Å². The van der Waals surface area contributed by atoms with Crippen LogP contribution in [0.1, 0.15) is 18.4 Å². The standard InChI is InChI=1S/C28H24N4/c1-3-21-19(2)28-31(24-15-9-7-13-22(24)20-11-5-4-6-12-20)26-27(30-18-17-29-26)32(28)25-16-10-8-14-23(21)25/h3-19,21,28H,1H2,2H3. The molecule has 2 aliphatic rings. The Labute approximate surface area is 188 Å². The molecule has 4 aromatic rings. The Morgan fingerprint density at radius 2 is 1.34 bits per heavy atom. The maximum absolute atomic E-state index is 4.83. The summed E-state index contributed by atoms with van der Waals surface area (Å²) in [6.07, 6.45) is 5.72. The number of aromatic nitrogens is 2. The maximum atomic E-state index is 4.83. The molecule has 0 saturated carbocycles. The molecule has 0 saturated heterocycles. The molecule has 4 nitrogen and oxygen atoms in total. The first-order valence-electron chi connectivity index (χ1n) is 11.0. The van der Waals surface area contributed by atoms with Crippen LogP contribution in [0, 0.1) is 5.92 Å². The van der Waals surface area contributed by atoms with Crippen molar-refractivity contribution in [3.8, 4) is 11.1 Å². The van der Waals surface area contributed by atoms with Crippen molar-refractivity contribution in [2.75, 3.05) is 9.80 Å². The average molecular weight is 417 g/mol. The molecule has 0 aliphatic carbocycles. The summed E-state index contributed by atoms with van der Waals surface area (Å²) in [5.74, 6) is 2.32. The van der Waals surface area contributed by atoms with E-state index >= 15 is 0 Å². The van der Waals surface area contributed by atoms with Crippen molar-refractivity contribution in [3.05, 3.63) is 109 Å². The van der Waals surface area contributed by atoms with Crippen LogP contribution in [0.4, 0.5) is 23.0 Å². The number of nitrogens with zero attached hydrogens (tertiary/aromatic N) is 4. The molecule has 1 aromatic heterocycles. The van der Waals surface area contributed by atoms with Crippen LogP contribution in [-0.4, -0.2) is 16.1 Å². The molecule has 3 atom stereocenters. The fourth-order valence-electron chi connectivity index (χ4n) is 5.36. The van der Waals surface area contributed by atoms with E-state index in [4.69, 9.17) is 9.97 Å². The lowest BCUT2D eigenvalue weighted by molar-refractivity contribution is 0.409. The third-order valence-corrected chi connectivity index (χ3v) is 6.74. The van der Waals surface area contributed by atoms with Gasteiger partial charge in [0.2, 0.25) is 0 Å². The van der Waals surface area contributed by atoms with E-state index < -0.39 is 0 Å². The number of para-hydroxylation sites is 2. The van der Waals surface area contributed by atoms with Crippen LogP contribution >= 0.6 is 0 Å². The second-order valence-corrected chi connectivity index (χ2v) is 8.42. The van der Waals surface area contributed by atoms with Crippen molar-refractivity contribution in [1.82, 2.24) is 9.97 Å². The zero-order chi connectivity index (χ0) is 21.7. The Morgan fingerprint density at radius 1 is 0.750 bits per heavy atom. The summed E-state index contributed by atoms with van der Waals surface area (Å²) in [5.41, 5.74) is 5.99. The quantitative estimate of drug-likeness (QED) is 0.349. The lowest BCUT2D eigenvalue weighted by Gasteiger charge is -2.44. The first kappa shape index (κ1) is 18.8. The van der Waals surface area contributed by atoms with Gasteiger partial charge in [-0.05, 0) is 23.3 Å². The molecule has 0 fully saturated rings. The van der Waals surface area contributed by atoms with Gasteiger partial charge >= 0.3 is 0 Å². The normalized spacial score (nSPS) is 21.0. The van der Waals surface area contributed by atoms with Crippen LogP contribution in [0.25, 0.3) is 11.1 Å². The van der Waals surface area contributed by atoms with E-state index in [-0.39, 0.29) is 18.0 Å². The molecular weight excluding hydrogens is 392 g/mol. The highest BCUT2D eigenvalue weighted by Gasteiger charge is 2.49. The number of hydrogen-bond donors (Lipinski definition) is 0. The fourth-order valence-corrected chi connectivity index (χ4v) is 5.36. The average Bonchev–Trinajstić information content (AvgIpc) is 3.21. The first-order chi connectivity index (χ1) is 15.8. The molecule has 32 heavy (non-hydrogen) atoms. The fraction of sp³-hybridized carbons (Fsp3) is 0.143. The van der Waals surface area contributed by atoms with Crippen molar-refractivity contribution in [2.45, 2.75) is 19.0 Å². The zero-order valence-corrected chi connectivity index (χ0v) is 18.0. The highest BCUT2D eigenvalue weighted by Crippen LogP contribution is 2.55. The van der Waals surface area contributed by atoms with Crippen LogP contribution in [0.2, 0.25) is 0 Å². The third-order valence-electron chi connectivity index (χ3n) is 6.74. The number of anilines is 4. The van der Waals surface area contributed by atoms with E-state index in [0.29, 0.717) is 0 Å². The van der Waals surface area contributed by atoms with E-state index in [1.165, 1.54) is 22.4 Å². The summed E-state index contributed by atoms with van der Waals surface area (Å²) in [6, 6.07) is 27.8. The Hall–Kier alpha value is -3.92. The van der Waals surface area contributed by atoms with Gasteiger partial charge in [0.05, 0.1) is 5.69 Å². The van der Waals surface area contributed by atoms with Gasteiger partial charge in [-0.15, -0.1) is 6.58 Å². The molecular formula is C28H24N4. The van der Waals surface area contributed by atoms with E-state index in [1.807, 2.05) is 0 Å². The van der Waals surface area contributed by atoms with Crippen LogP contribution in [0.5, 0.6) is 0 Å².